The number of halogens is 1. The van der Waals surface area contributed by atoms with Gasteiger partial charge in [-0.1, -0.05) is 11.6 Å². The number of nitrogens with zero attached hydrogens (tertiary/aromatic N) is 4. The molecule has 0 spiro atoms. The maximum Gasteiger partial charge on any atom is 0.281 e. The van der Waals surface area contributed by atoms with Gasteiger partial charge in [0.15, 0.2) is 5.82 Å². The number of benzene rings is 1. The van der Waals surface area contributed by atoms with Crippen LogP contribution < -0.4 is 5.14 Å². The number of rotatable bonds is 3. The van der Waals surface area contributed by atoms with Crippen molar-refractivity contribution in [1.29, 1.82) is 0 Å². The van der Waals surface area contributed by atoms with Gasteiger partial charge in [0.1, 0.15) is 0 Å². The van der Waals surface area contributed by atoms with Crippen molar-refractivity contribution in [2.75, 3.05) is 0 Å². The number of hydrogen-bond acceptors (Lipinski definition) is 6. The van der Waals surface area contributed by atoms with Gasteiger partial charge in [0.25, 0.3) is 20.9 Å². The number of nitro benzene ring substituents is 1. The third-order valence-electron chi connectivity index (χ3n) is 2.49. The van der Waals surface area contributed by atoms with Crippen LogP contribution in [0, 0.1) is 10.1 Å². The number of nitrogens with two attached hydrogens (primary N) is 1. The monoisotopic (exact) mass is 317 g/mol. The molecular weight excluding hydrogens is 310 g/mol. The van der Waals surface area contributed by atoms with Gasteiger partial charge >= 0.3 is 0 Å². The molecule has 0 unspecified atom stereocenters. The molecule has 0 saturated carbocycles. The molecule has 9 nitrogen and oxygen atoms in total. The normalized spacial score (nSPS) is 11.6. The van der Waals surface area contributed by atoms with E-state index >= 15 is 0 Å². The molecule has 1 aromatic heterocycles. The zero-order valence-electron chi connectivity index (χ0n) is 10.0. The third-order valence-corrected chi connectivity index (χ3v) is 3.59. The fourth-order valence-electron chi connectivity index (χ4n) is 1.64. The number of sulfonamides is 1. The number of nitro groups is 1. The van der Waals surface area contributed by atoms with Gasteiger partial charge in [-0.25, -0.2) is 13.6 Å². The predicted molar refractivity (Wildman–Crippen MR) is 69.5 cm³/mol. The van der Waals surface area contributed by atoms with E-state index in [1.807, 2.05) is 0 Å². The molecule has 0 aliphatic heterocycles. The zero-order valence-corrected chi connectivity index (χ0v) is 11.6. The highest BCUT2D eigenvalue weighted by atomic mass is 35.5. The summed E-state index contributed by atoms with van der Waals surface area (Å²) in [6, 6.07) is 3.93. The van der Waals surface area contributed by atoms with Crippen molar-refractivity contribution in [3.05, 3.63) is 33.3 Å². The lowest BCUT2D eigenvalue weighted by Gasteiger charge is -2.04. The highest BCUT2D eigenvalue weighted by molar-refractivity contribution is 7.89. The van der Waals surface area contributed by atoms with E-state index in [9.17, 15) is 18.5 Å². The van der Waals surface area contributed by atoms with Crippen LogP contribution in [0.1, 0.15) is 0 Å². The van der Waals surface area contributed by atoms with Crippen molar-refractivity contribution >= 4 is 27.3 Å². The minimum absolute atomic E-state index is 0.00242. The second-order valence-electron chi connectivity index (χ2n) is 3.83. The SMILES string of the molecule is Cn1c(-c2ccc(Cl)cc2[N+](=O)[O-])nnc1S(N)(=O)=O. The van der Waals surface area contributed by atoms with Gasteiger partial charge < -0.3 is 0 Å². The Bertz CT molecular complexity index is 801. The molecule has 0 aliphatic carbocycles. The molecule has 2 aromatic rings. The molecule has 0 aliphatic rings. The standard InChI is InChI=1S/C9H8ClN5O4S/c1-14-8(12-13-9(14)20(11,18)19)6-3-2-5(10)4-7(6)15(16)17/h2-4H,1H3,(H2,11,18,19). The Hall–Kier alpha value is -2.04. The summed E-state index contributed by atoms with van der Waals surface area (Å²) < 4.78 is 23.6. The Kier molecular flexibility index (Phi) is 3.46. The van der Waals surface area contributed by atoms with Crippen LogP contribution in [0.3, 0.4) is 0 Å². The maximum absolute atomic E-state index is 11.3. The summed E-state index contributed by atoms with van der Waals surface area (Å²) in [5.41, 5.74) is -0.224. The van der Waals surface area contributed by atoms with Gasteiger partial charge in [-0.05, 0) is 12.1 Å². The first kappa shape index (κ1) is 14.4. The summed E-state index contributed by atoms with van der Waals surface area (Å²) in [5, 5.41) is 22.7. The summed E-state index contributed by atoms with van der Waals surface area (Å²) in [6.07, 6.45) is 0. The van der Waals surface area contributed by atoms with Gasteiger partial charge in [0.05, 0.1) is 10.5 Å². The minimum atomic E-state index is -4.07. The molecule has 20 heavy (non-hydrogen) atoms. The maximum atomic E-state index is 11.3. The number of aromatic nitrogens is 3. The second kappa shape index (κ2) is 4.81. The largest absolute Gasteiger partial charge is 0.300 e. The molecule has 1 aromatic carbocycles. The number of primary sulfonamides is 1. The van der Waals surface area contributed by atoms with Crippen LogP contribution in [0.4, 0.5) is 5.69 Å². The van der Waals surface area contributed by atoms with Gasteiger partial charge in [0.2, 0.25) is 0 Å². The summed E-state index contributed by atoms with van der Waals surface area (Å²) in [6.45, 7) is 0. The molecule has 0 saturated heterocycles. The van der Waals surface area contributed by atoms with E-state index in [-0.39, 0.29) is 22.1 Å². The topological polar surface area (TPSA) is 134 Å². The smallest absolute Gasteiger partial charge is 0.281 e. The fraction of sp³-hybridized carbons (Fsp3) is 0.111. The lowest BCUT2D eigenvalue weighted by Crippen LogP contribution is -2.17. The van der Waals surface area contributed by atoms with Crippen molar-refractivity contribution in [3.8, 4) is 11.4 Å². The Morgan fingerprint density at radius 2 is 2.05 bits per heavy atom. The van der Waals surface area contributed by atoms with Gasteiger partial charge in [-0.15, -0.1) is 10.2 Å². The van der Waals surface area contributed by atoms with Crippen molar-refractivity contribution < 1.29 is 13.3 Å². The lowest BCUT2D eigenvalue weighted by molar-refractivity contribution is -0.384. The van der Waals surface area contributed by atoms with Gasteiger partial charge in [0, 0.05) is 18.1 Å². The molecular formula is C9H8ClN5O4S. The molecule has 0 amide bonds. The Morgan fingerprint density at radius 1 is 1.40 bits per heavy atom. The molecule has 106 valence electrons. The Labute approximate surface area is 118 Å². The minimum Gasteiger partial charge on any atom is -0.300 e. The van der Waals surface area contributed by atoms with Crippen LogP contribution in [-0.4, -0.2) is 28.1 Å². The summed E-state index contributed by atoms with van der Waals surface area (Å²) in [5.74, 6) is -0.00242. The highest BCUT2D eigenvalue weighted by Crippen LogP contribution is 2.31. The van der Waals surface area contributed by atoms with Gasteiger partial charge in [-0.3, -0.25) is 14.7 Å². The summed E-state index contributed by atoms with van der Waals surface area (Å²) >= 11 is 5.70. The summed E-state index contributed by atoms with van der Waals surface area (Å²) in [4.78, 5) is 10.4. The van der Waals surface area contributed by atoms with Crippen molar-refractivity contribution in [2.24, 2.45) is 12.2 Å². The quantitative estimate of drug-likeness (QED) is 0.653. The van der Waals surface area contributed by atoms with E-state index in [1.54, 1.807) is 0 Å². The van der Waals surface area contributed by atoms with E-state index in [0.717, 1.165) is 10.6 Å². The zero-order chi connectivity index (χ0) is 15.1. The molecule has 2 N–H and O–H groups in total. The van der Waals surface area contributed by atoms with Crippen molar-refractivity contribution in [3.63, 3.8) is 0 Å². The predicted octanol–water partition coefficient (Wildman–Crippen LogP) is 0.691. The second-order valence-corrected chi connectivity index (χ2v) is 5.72. The van der Waals surface area contributed by atoms with Crippen molar-refractivity contribution in [2.45, 2.75) is 5.16 Å². The van der Waals surface area contributed by atoms with Crippen LogP contribution in [0.25, 0.3) is 11.4 Å². The van der Waals surface area contributed by atoms with E-state index in [4.69, 9.17) is 16.7 Å². The molecule has 1 heterocycles. The average molecular weight is 318 g/mol. The van der Waals surface area contributed by atoms with E-state index in [1.165, 1.54) is 19.2 Å². The molecule has 0 radical (unpaired) electrons. The van der Waals surface area contributed by atoms with Crippen molar-refractivity contribution in [1.82, 2.24) is 14.8 Å². The first-order chi connectivity index (χ1) is 9.21. The van der Waals surface area contributed by atoms with Crippen LogP contribution in [0.2, 0.25) is 5.02 Å². The Morgan fingerprint density at radius 3 is 2.55 bits per heavy atom. The molecule has 0 atom stereocenters. The van der Waals surface area contributed by atoms with Crippen LogP contribution in [0.5, 0.6) is 0 Å². The van der Waals surface area contributed by atoms with Crippen LogP contribution in [0.15, 0.2) is 23.4 Å². The molecule has 11 heteroatoms. The van der Waals surface area contributed by atoms with Crippen LogP contribution in [-0.2, 0) is 17.1 Å². The lowest BCUT2D eigenvalue weighted by atomic mass is 10.1. The fourth-order valence-corrected chi connectivity index (χ4v) is 2.43. The molecule has 2 rings (SSSR count). The molecule has 0 bridgehead atoms. The highest BCUT2D eigenvalue weighted by Gasteiger charge is 2.24. The Balaban J connectivity index is 2.70. The number of hydrogen-bond donors (Lipinski definition) is 1. The average Bonchev–Trinajstić information content (AvgIpc) is 2.70. The summed E-state index contributed by atoms with van der Waals surface area (Å²) in [7, 11) is -2.73. The van der Waals surface area contributed by atoms with Crippen LogP contribution >= 0.6 is 11.6 Å². The van der Waals surface area contributed by atoms with E-state index < -0.39 is 20.1 Å². The third kappa shape index (κ3) is 2.48. The molecule has 0 fully saturated rings. The first-order valence-corrected chi connectivity index (χ1v) is 7.00. The van der Waals surface area contributed by atoms with E-state index in [2.05, 4.69) is 10.2 Å². The van der Waals surface area contributed by atoms with E-state index in [0.29, 0.717) is 0 Å². The van der Waals surface area contributed by atoms with Gasteiger partial charge in [-0.2, -0.15) is 0 Å². The first-order valence-electron chi connectivity index (χ1n) is 5.08.